The van der Waals surface area contributed by atoms with Crippen LogP contribution in [0.3, 0.4) is 0 Å². The fourth-order valence-corrected chi connectivity index (χ4v) is 3.52. The summed E-state index contributed by atoms with van der Waals surface area (Å²) >= 11 is 6.46. The Morgan fingerprint density at radius 3 is 2.77 bits per heavy atom. The molecule has 1 fully saturated rings. The highest BCUT2D eigenvalue weighted by molar-refractivity contribution is 6.34. The summed E-state index contributed by atoms with van der Waals surface area (Å²) < 4.78 is 22.7. The van der Waals surface area contributed by atoms with Crippen LogP contribution in [0.5, 0.6) is 23.0 Å². The summed E-state index contributed by atoms with van der Waals surface area (Å²) in [4.78, 5) is 25.5. The van der Waals surface area contributed by atoms with E-state index in [1.165, 1.54) is 12.1 Å². The van der Waals surface area contributed by atoms with Gasteiger partial charge in [-0.15, -0.1) is 0 Å². The van der Waals surface area contributed by atoms with E-state index in [4.69, 9.17) is 30.5 Å². The molecule has 1 amide bonds. The minimum atomic E-state index is -1.11. The average Bonchev–Trinajstić information content (AvgIpc) is 3.17. The first-order chi connectivity index (χ1) is 14.4. The van der Waals surface area contributed by atoms with Crippen molar-refractivity contribution >= 4 is 23.5 Å². The fraction of sp³-hybridized carbons (Fsp3) is 0.333. The van der Waals surface area contributed by atoms with E-state index in [1.54, 1.807) is 30.1 Å². The number of rotatable bonds is 5. The van der Waals surface area contributed by atoms with Gasteiger partial charge in [-0.05, 0) is 24.3 Å². The van der Waals surface area contributed by atoms with Crippen LogP contribution >= 0.6 is 11.6 Å². The second kappa shape index (κ2) is 8.41. The Labute approximate surface area is 177 Å². The highest BCUT2D eigenvalue weighted by Crippen LogP contribution is 2.41. The van der Waals surface area contributed by atoms with Gasteiger partial charge < -0.3 is 29.0 Å². The maximum Gasteiger partial charge on any atom is 0.335 e. The molecule has 30 heavy (non-hydrogen) atoms. The number of carbonyl (C=O) groups excluding carboxylic acids is 1. The summed E-state index contributed by atoms with van der Waals surface area (Å²) in [6.45, 7) is 1.79. The topological polar surface area (TPSA) is 94.5 Å². The smallest absolute Gasteiger partial charge is 0.335 e. The van der Waals surface area contributed by atoms with Crippen molar-refractivity contribution in [2.24, 2.45) is 0 Å². The molecule has 8 nitrogen and oxygen atoms in total. The minimum absolute atomic E-state index is 0.0142. The van der Waals surface area contributed by atoms with Crippen LogP contribution in [0, 0.1) is 0 Å². The van der Waals surface area contributed by atoms with Crippen LogP contribution < -0.4 is 14.2 Å². The van der Waals surface area contributed by atoms with Gasteiger partial charge in [-0.25, -0.2) is 4.79 Å². The van der Waals surface area contributed by atoms with Gasteiger partial charge in [-0.2, -0.15) is 0 Å². The Kier molecular flexibility index (Phi) is 5.69. The lowest BCUT2D eigenvalue weighted by molar-refractivity contribution is 0.0694. The number of carbonyl (C=O) groups is 2. The van der Waals surface area contributed by atoms with E-state index in [9.17, 15) is 14.7 Å². The molecule has 0 aromatic heterocycles. The van der Waals surface area contributed by atoms with E-state index in [0.29, 0.717) is 37.7 Å². The van der Waals surface area contributed by atoms with Crippen molar-refractivity contribution in [2.45, 2.75) is 12.5 Å². The molecule has 9 heteroatoms. The second-order valence-electron chi connectivity index (χ2n) is 7.03. The first kappa shape index (κ1) is 20.3. The number of amides is 1. The molecule has 2 heterocycles. The first-order valence-electron chi connectivity index (χ1n) is 9.44. The molecule has 2 aliphatic rings. The minimum Gasteiger partial charge on any atom is -0.489 e. The van der Waals surface area contributed by atoms with Gasteiger partial charge in [-0.3, -0.25) is 4.79 Å². The van der Waals surface area contributed by atoms with E-state index < -0.39 is 5.97 Å². The summed E-state index contributed by atoms with van der Waals surface area (Å²) in [5, 5.41) is 9.58. The number of fused-ring (bicyclic) bond motifs is 1. The molecule has 0 bridgehead atoms. The largest absolute Gasteiger partial charge is 0.489 e. The molecule has 0 saturated carbocycles. The van der Waals surface area contributed by atoms with E-state index in [-0.39, 0.29) is 39.8 Å². The summed E-state index contributed by atoms with van der Waals surface area (Å²) in [5.41, 5.74) is 0.359. The van der Waals surface area contributed by atoms with Crippen LogP contribution in [0.2, 0.25) is 5.02 Å². The molecule has 158 valence electrons. The number of hydrogen-bond donors (Lipinski definition) is 1. The third kappa shape index (κ3) is 4.15. The zero-order chi connectivity index (χ0) is 21.3. The monoisotopic (exact) mass is 433 g/mol. The number of carboxylic acids is 1. The molecule has 0 spiro atoms. The lowest BCUT2D eigenvalue weighted by Gasteiger charge is -2.16. The molecule has 4 rings (SSSR count). The van der Waals surface area contributed by atoms with Gasteiger partial charge in [0.15, 0.2) is 5.75 Å². The number of hydrogen-bond acceptors (Lipinski definition) is 6. The third-order valence-electron chi connectivity index (χ3n) is 4.86. The van der Waals surface area contributed by atoms with Crippen molar-refractivity contribution in [2.75, 3.05) is 33.4 Å². The van der Waals surface area contributed by atoms with E-state index in [1.807, 2.05) is 0 Å². The molecule has 2 aromatic carbocycles. The van der Waals surface area contributed by atoms with Gasteiger partial charge >= 0.3 is 5.97 Å². The molecule has 1 N–H and O–H groups in total. The van der Waals surface area contributed by atoms with Gasteiger partial charge in [0, 0.05) is 19.5 Å². The number of nitrogens with zero attached hydrogens (tertiary/aromatic N) is 1. The van der Waals surface area contributed by atoms with Gasteiger partial charge in [0.05, 0.1) is 30.9 Å². The second-order valence-corrected chi connectivity index (χ2v) is 7.41. The van der Waals surface area contributed by atoms with Crippen molar-refractivity contribution in [1.29, 1.82) is 0 Å². The predicted molar refractivity (Wildman–Crippen MR) is 107 cm³/mol. The maximum absolute atomic E-state index is 12.4. The number of halogens is 1. The Bertz CT molecular complexity index is 988. The Hall–Kier alpha value is -2.97. The van der Waals surface area contributed by atoms with Crippen LogP contribution in [-0.4, -0.2) is 61.4 Å². The van der Waals surface area contributed by atoms with Crippen LogP contribution in [-0.2, 0) is 4.74 Å². The van der Waals surface area contributed by atoms with Gasteiger partial charge in [0.2, 0.25) is 0 Å². The molecule has 0 unspecified atom stereocenters. The van der Waals surface area contributed by atoms with Gasteiger partial charge in [0.25, 0.3) is 5.91 Å². The quantitative estimate of drug-likeness (QED) is 0.771. The van der Waals surface area contributed by atoms with Crippen molar-refractivity contribution < 1.29 is 33.6 Å². The molecular weight excluding hydrogens is 414 g/mol. The van der Waals surface area contributed by atoms with Crippen LogP contribution in [0.25, 0.3) is 0 Å². The summed E-state index contributed by atoms with van der Waals surface area (Å²) in [5.74, 6) is -0.221. The van der Waals surface area contributed by atoms with E-state index in [0.717, 1.165) is 6.42 Å². The average molecular weight is 434 g/mol. The van der Waals surface area contributed by atoms with Crippen molar-refractivity contribution in [3.63, 3.8) is 0 Å². The standard InChI is InChI=1S/C21H20ClNO7/c1-23-5-7-28-19-16(20(23)24)2-3-17(18(19)22)30-15-9-12(21(25)26)8-14(10-15)29-13-4-6-27-11-13/h2-3,8-10,13H,4-7,11H2,1H3,(H,25,26)/t13-/m0/s1. The number of aromatic carboxylic acids is 1. The third-order valence-corrected chi connectivity index (χ3v) is 5.22. The Morgan fingerprint density at radius 2 is 2.03 bits per heavy atom. The van der Waals surface area contributed by atoms with Gasteiger partial charge in [0.1, 0.15) is 35.0 Å². The predicted octanol–water partition coefficient (Wildman–Crippen LogP) is 3.46. The molecular formula is C21H20ClNO7. The summed E-state index contributed by atoms with van der Waals surface area (Å²) in [6, 6.07) is 7.54. The molecule has 0 aliphatic carbocycles. The van der Waals surface area contributed by atoms with Crippen LogP contribution in [0.1, 0.15) is 27.1 Å². The fourth-order valence-electron chi connectivity index (χ4n) is 3.27. The summed E-state index contributed by atoms with van der Waals surface area (Å²) in [6.07, 6.45) is 0.582. The SMILES string of the molecule is CN1CCOc2c(ccc(Oc3cc(O[C@H]4CCOC4)cc(C(=O)O)c3)c2Cl)C1=O. The van der Waals surface area contributed by atoms with Crippen LogP contribution in [0.15, 0.2) is 30.3 Å². The lowest BCUT2D eigenvalue weighted by Crippen LogP contribution is -2.27. The zero-order valence-electron chi connectivity index (χ0n) is 16.2. The molecule has 2 aromatic rings. The maximum atomic E-state index is 12.4. The summed E-state index contributed by atoms with van der Waals surface area (Å²) in [7, 11) is 1.69. The normalized spacial score (nSPS) is 18.4. The Morgan fingerprint density at radius 1 is 1.23 bits per heavy atom. The highest BCUT2D eigenvalue weighted by Gasteiger charge is 2.25. The van der Waals surface area contributed by atoms with Crippen molar-refractivity contribution in [1.82, 2.24) is 4.90 Å². The number of benzene rings is 2. The first-order valence-corrected chi connectivity index (χ1v) is 9.81. The molecule has 1 saturated heterocycles. The zero-order valence-corrected chi connectivity index (χ0v) is 17.0. The number of carboxylic acid groups (broad SMARTS) is 1. The van der Waals surface area contributed by atoms with Gasteiger partial charge in [-0.1, -0.05) is 11.6 Å². The van der Waals surface area contributed by atoms with E-state index in [2.05, 4.69) is 0 Å². The highest BCUT2D eigenvalue weighted by atomic mass is 35.5. The lowest BCUT2D eigenvalue weighted by atomic mass is 10.1. The van der Waals surface area contributed by atoms with Crippen LogP contribution in [0.4, 0.5) is 0 Å². The van der Waals surface area contributed by atoms with Crippen molar-refractivity contribution in [3.05, 3.63) is 46.5 Å². The number of ether oxygens (including phenoxy) is 4. The molecule has 1 atom stereocenters. The van der Waals surface area contributed by atoms with E-state index >= 15 is 0 Å². The Balaban J connectivity index is 1.65. The molecule has 2 aliphatic heterocycles. The van der Waals surface area contributed by atoms with Crippen molar-refractivity contribution in [3.8, 4) is 23.0 Å². The number of likely N-dealkylation sites (N-methyl/N-ethyl adjacent to an activating group) is 1. The molecule has 0 radical (unpaired) electrons.